The first kappa shape index (κ1) is 20.3. The van der Waals surface area contributed by atoms with Crippen molar-refractivity contribution in [2.75, 3.05) is 6.54 Å². The first-order chi connectivity index (χ1) is 14.0. The van der Waals surface area contributed by atoms with Crippen molar-refractivity contribution < 1.29 is 14.7 Å². The van der Waals surface area contributed by atoms with Crippen LogP contribution in [0.5, 0.6) is 0 Å². The third-order valence-electron chi connectivity index (χ3n) is 4.84. The van der Waals surface area contributed by atoms with Gasteiger partial charge in [0.15, 0.2) is 0 Å². The Kier molecular flexibility index (Phi) is 6.43. The summed E-state index contributed by atoms with van der Waals surface area (Å²) in [5.74, 6) is -1.24. The topological polar surface area (TPSA) is 93.2 Å². The van der Waals surface area contributed by atoms with Crippen LogP contribution in [-0.2, 0) is 24.3 Å². The lowest BCUT2D eigenvalue weighted by Gasteiger charge is -2.22. The minimum atomic E-state index is -1.00. The number of hydrogen-bond donors (Lipinski definition) is 1. The fourth-order valence-electron chi connectivity index (χ4n) is 3.08. The normalized spacial score (nSPS) is 11.9. The minimum Gasteiger partial charge on any atom is -0.480 e. The number of carbonyl (C=O) groups is 2. The number of aromatic nitrogens is 4. The first-order valence-electron chi connectivity index (χ1n) is 9.61. The van der Waals surface area contributed by atoms with Crippen LogP contribution >= 0.6 is 0 Å². The molecule has 0 radical (unpaired) electrons. The van der Waals surface area contributed by atoms with Crippen LogP contribution < -0.4 is 0 Å². The Morgan fingerprint density at radius 2 is 1.93 bits per heavy atom. The van der Waals surface area contributed by atoms with Crippen molar-refractivity contribution in [3.05, 3.63) is 71.8 Å². The van der Waals surface area contributed by atoms with E-state index in [4.69, 9.17) is 5.11 Å². The fourth-order valence-corrected chi connectivity index (χ4v) is 3.08. The van der Waals surface area contributed by atoms with Gasteiger partial charge < -0.3 is 10.0 Å². The largest absolute Gasteiger partial charge is 0.480 e. The maximum Gasteiger partial charge on any atom is 0.328 e. The van der Waals surface area contributed by atoms with Gasteiger partial charge in [0.25, 0.3) is 5.91 Å². The van der Waals surface area contributed by atoms with Gasteiger partial charge in [-0.2, -0.15) is 10.2 Å². The fraction of sp³-hybridized carbons (Fsp3) is 0.333. The molecule has 3 rings (SSSR count). The zero-order chi connectivity index (χ0) is 20.8. The van der Waals surface area contributed by atoms with Crippen LogP contribution in [0.3, 0.4) is 0 Å². The van der Waals surface area contributed by atoms with Crippen molar-refractivity contribution in [2.24, 2.45) is 0 Å². The molecule has 8 nitrogen and oxygen atoms in total. The summed E-state index contributed by atoms with van der Waals surface area (Å²) in [6, 6.07) is 12.6. The highest BCUT2D eigenvalue weighted by atomic mass is 16.4. The molecule has 0 aliphatic carbocycles. The number of carbonyl (C=O) groups excluding carboxylic acids is 1. The van der Waals surface area contributed by atoms with Gasteiger partial charge >= 0.3 is 5.97 Å². The van der Waals surface area contributed by atoms with Gasteiger partial charge in [-0.1, -0.05) is 30.3 Å². The van der Waals surface area contributed by atoms with Crippen molar-refractivity contribution in [3.8, 4) is 0 Å². The van der Waals surface area contributed by atoms with E-state index in [9.17, 15) is 9.59 Å². The standard InChI is InChI=1S/C21H25N5O3/c1-3-25-18(9-12-22-25)15-24(13-10-17-7-5-4-6-8-17)20(27)19-11-14-26(23-19)16(2)21(28)29/h4-9,11-12,14,16H,3,10,13,15H2,1-2H3,(H,28,29). The molecule has 1 atom stereocenters. The average Bonchev–Trinajstić information content (AvgIpc) is 3.40. The molecule has 152 valence electrons. The van der Waals surface area contributed by atoms with Crippen molar-refractivity contribution in [2.45, 2.75) is 39.4 Å². The van der Waals surface area contributed by atoms with E-state index in [0.29, 0.717) is 26.1 Å². The second kappa shape index (κ2) is 9.18. The summed E-state index contributed by atoms with van der Waals surface area (Å²) in [6.07, 6.45) is 3.96. The number of aryl methyl sites for hydroxylation is 1. The van der Waals surface area contributed by atoms with Crippen LogP contribution in [0.1, 0.15) is 41.6 Å². The van der Waals surface area contributed by atoms with Crippen molar-refractivity contribution in [1.82, 2.24) is 24.5 Å². The average molecular weight is 395 g/mol. The molecule has 8 heteroatoms. The Morgan fingerprint density at radius 3 is 2.62 bits per heavy atom. The molecule has 0 spiro atoms. The van der Waals surface area contributed by atoms with Gasteiger partial charge in [0.2, 0.25) is 0 Å². The predicted octanol–water partition coefficient (Wildman–Crippen LogP) is 2.63. The van der Waals surface area contributed by atoms with E-state index in [1.165, 1.54) is 17.8 Å². The molecule has 1 amide bonds. The quantitative estimate of drug-likeness (QED) is 0.601. The zero-order valence-electron chi connectivity index (χ0n) is 16.6. The minimum absolute atomic E-state index is 0.230. The van der Waals surface area contributed by atoms with Crippen molar-refractivity contribution in [1.29, 1.82) is 0 Å². The van der Waals surface area contributed by atoms with Crippen molar-refractivity contribution >= 4 is 11.9 Å². The molecule has 1 aromatic carbocycles. The van der Waals surface area contributed by atoms with E-state index < -0.39 is 12.0 Å². The van der Waals surface area contributed by atoms with Gasteiger partial charge in [0.05, 0.1) is 12.2 Å². The van der Waals surface area contributed by atoms with Gasteiger partial charge in [-0.25, -0.2) is 4.79 Å². The van der Waals surface area contributed by atoms with Crippen LogP contribution in [0, 0.1) is 0 Å². The smallest absolute Gasteiger partial charge is 0.328 e. The van der Waals surface area contributed by atoms with Crippen molar-refractivity contribution in [3.63, 3.8) is 0 Å². The number of carboxylic acid groups (broad SMARTS) is 1. The molecule has 0 bridgehead atoms. The lowest BCUT2D eigenvalue weighted by Crippen LogP contribution is -2.34. The number of aliphatic carboxylic acids is 1. The monoisotopic (exact) mass is 395 g/mol. The molecular formula is C21H25N5O3. The first-order valence-corrected chi connectivity index (χ1v) is 9.61. The lowest BCUT2D eigenvalue weighted by atomic mass is 10.1. The Balaban J connectivity index is 1.81. The Labute approximate surface area is 169 Å². The van der Waals surface area contributed by atoms with Gasteiger partial charge in [0.1, 0.15) is 11.7 Å². The zero-order valence-corrected chi connectivity index (χ0v) is 16.6. The predicted molar refractivity (Wildman–Crippen MR) is 107 cm³/mol. The van der Waals surface area contributed by atoms with E-state index in [1.54, 1.807) is 17.2 Å². The van der Waals surface area contributed by atoms with E-state index in [0.717, 1.165) is 11.3 Å². The van der Waals surface area contributed by atoms with Crippen LogP contribution in [0.15, 0.2) is 54.9 Å². The summed E-state index contributed by atoms with van der Waals surface area (Å²) in [4.78, 5) is 26.1. The molecule has 0 aliphatic rings. The molecule has 2 heterocycles. The van der Waals surface area contributed by atoms with Crippen LogP contribution in [-0.4, -0.2) is 48.0 Å². The Hall–Kier alpha value is -3.42. The van der Waals surface area contributed by atoms with E-state index in [2.05, 4.69) is 10.2 Å². The maximum absolute atomic E-state index is 13.2. The summed E-state index contributed by atoms with van der Waals surface area (Å²) >= 11 is 0. The summed E-state index contributed by atoms with van der Waals surface area (Å²) in [5, 5.41) is 17.6. The molecule has 0 saturated heterocycles. The second-order valence-corrected chi connectivity index (χ2v) is 6.80. The molecule has 1 unspecified atom stereocenters. The Morgan fingerprint density at radius 1 is 1.17 bits per heavy atom. The third kappa shape index (κ3) is 4.90. The third-order valence-corrected chi connectivity index (χ3v) is 4.84. The molecule has 0 saturated carbocycles. The molecule has 1 N–H and O–H groups in total. The number of amides is 1. The van der Waals surface area contributed by atoms with Gasteiger partial charge in [-0.3, -0.25) is 14.2 Å². The van der Waals surface area contributed by atoms with Crippen LogP contribution in [0.2, 0.25) is 0 Å². The molecular weight excluding hydrogens is 370 g/mol. The van der Waals surface area contributed by atoms with Crippen LogP contribution in [0.4, 0.5) is 0 Å². The number of nitrogens with zero attached hydrogens (tertiary/aromatic N) is 5. The van der Waals surface area contributed by atoms with Crippen LogP contribution in [0.25, 0.3) is 0 Å². The summed E-state index contributed by atoms with van der Waals surface area (Å²) in [5.41, 5.74) is 2.31. The maximum atomic E-state index is 13.2. The number of rotatable bonds is 9. The van der Waals surface area contributed by atoms with Gasteiger partial charge in [0, 0.05) is 25.5 Å². The molecule has 0 fully saturated rings. The highest BCUT2D eigenvalue weighted by molar-refractivity contribution is 5.92. The van der Waals surface area contributed by atoms with E-state index >= 15 is 0 Å². The highest BCUT2D eigenvalue weighted by Gasteiger charge is 2.22. The van der Waals surface area contributed by atoms with Gasteiger partial charge in [-0.05, 0) is 38.0 Å². The summed E-state index contributed by atoms with van der Waals surface area (Å²) < 4.78 is 3.15. The molecule has 2 aromatic heterocycles. The van der Waals surface area contributed by atoms with E-state index in [1.807, 2.05) is 48.0 Å². The van der Waals surface area contributed by atoms with Gasteiger partial charge in [-0.15, -0.1) is 0 Å². The highest BCUT2D eigenvalue weighted by Crippen LogP contribution is 2.13. The molecule has 0 aliphatic heterocycles. The molecule has 29 heavy (non-hydrogen) atoms. The summed E-state index contributed by atoms with van der Waals surface area (Å²) in [7, 11) is 0. The molecule has 3 aromatic rings. The number of benzene rings is 1. The number of carboxylic acids is 1. The second-order valence-electron chi connectivity index (χ2n) is 6.80. The lowest BCUT2D eigenvalue weighted by molar-refractivity contribution is -0.140. The van der Waals surface area contributed by atoms with E-state index in [-0.39, 0.29) is 11.6 Å². The summed E-state index contributed by atoms with van der Waals surface area (Å²) in [6.45, 7) is 5.16. The number of hydrogen-bond acceptors (Lipinski definition) is 4. The SMILES string of the molecule is CCn1nccc1CN(CCc1ccccc1)C(=O)c1ccn(C(C)C(=O)O)n1. The Bertz CT molecular complexity index is 964.